The van der Waals surface area contributed by atoms with Gasteiger partial charge in [-0.3, -0.25) is 4.79 Å². The van der Waals surface area contributed by atoms with Gasteiger partial charge in [0.15, 0.2) is 0 Å². The quantitative estimate of drug-likeness (QED) is 0.839. The van der Waals surface area contributed by atoms with E-state index in [2.05, 4.69) is 0 Å². The van der Waals surface area contributed by atoms with Gasteiger partial charge in [0.05, 0.1) is 6.42 Å². The standard InChI is InChI=1S/C16H18N2O2/c1-2-18(14-8-5-7-13(17)11-14)16(20)10-12-6-3-4-9-15(12)19/h3-9,11,19H,2,10,17H2,1H3. The minimum absolute atomic E-state index is 0.0698. The zero-order valence-corrected chi connectivity index (χ0v) is 11.4. The van der Waals surface area contributed by atoms with E-state index in [1.165, 1.54) is 0 Å². The number of para-hydroxylation sites is 1. The van der Waals surface area contributed by atoms with E-state index in [1.54, 1.807) is 41.3 Å². The number of hydrogen-bond donors (Lipinski definition) is 2. The molecule has 3 N–H and O–H groups in total. The molecule has 0 spiro atoms. The van der Waals surface area contributed by atoms with Crippen LogP contribution in [0.1, 0.15) is 12.5 Å². The summed E-state index contributed by atoms with van der Waals surface area (Å²) < 4.78 is 0. The maximum absolute atomic E-state index is 12.4. The second-order valence-electron chi connectivity index (χ2n) is 4.54. The van der Waals surface area contributed by atoms with Crippen molar-refractivity contribution in [1.29, 1.82) is 0 Å². The van der Waals surface area contributed by atoms with Crippen LogP contribution >= 0.6 is 0 Å². The molecule has 20 heavy (non-hydrogen) atoms. The molecule has 0 atom stereocenters. The smallest absolute Gasteiger partial charge is 0.231 e. The lowest BCUT2D eigenvalue weighted by Crippen LogP contribution is -2.32. The summed E-state index contributed by atoms with van der Waals surface area (Å²) in [5, 5.41) is 9.74. The summed E-state index contributed by atoms with van der Waals surface area (Å²) in [7, 11) is 0. The molecule has 0 heterocycles. The number of anilines is 2. The van der Waals surface area contributed by atoms with Crippen molar-refractivity contribution in [3.8, 4) is 5.75 Å². The molecule has 0 aromatic heterocycles. The lowest BCUT2D eigenvalue weighted by molar-refractivity contribution is -0.118. The van der Waals surface area contributed by atoms with Gasteiger partial charge in [0.25, 0.3) is 0 Å². The number of phenols is 1. The van der Waals surface area contributed by atoms with Crippen LogP contribution in [0.15, 0.2) is 48.5 Å². The molecular weight excluding hydrogens is 252 g/mol. The Hall–Kier alpha value is -2.49. The van der Waals surface area contributed by atoms with Crippen molar-refractivity contribution in [2.45, 2.75) is 13.3 Å². The van der Waals surface area contributed by atoms with E-state index in [0.29, 0.717) is 17.8 Å². The number of hydrogen-bond acceptors (Lipinski definition) is 3. The first-order valence-electron chi connectivity index (χ1n) is 6.54. The van der Waals surface area contributed by atoms with Crippen molar-refractivity contribution >= 4 is 17.3 Å². The molecule has 0 radical (unpaired) electrons. The Morgan fingerprint density at radius 3 is 2.60 bits per heavy atom. The Kier molecular flexibility index (Phi) is 4.25. The Balaban J connectivity index is 2.20. The van der Waals surface area contributed by atoms with Crippen molar-refractivity contribution in [2.75, 3.05) is 17.2 Å². The molecule has 4 nitrogen and oxygen atoms in total. The third-order valence-corrected chi connectivity index (χ3v) is 3.13. The molecule has 2 aromatic rings. The van der Waals surface area contributed by atoms with E-state index in [-0.39, 0.29) is 18.1 Å². The van der Waals surface area contributed by atoms with Crippen LogP contribution in [0.25, 0.3) is 0 Å². The van der Waals surface area contributed by atoms with Crippen LogP contribution in [0.3, 0.4) is 0 Å². The van der Waals surface area contributed by atoms with Crippen molar-refractivity contribution in [3.05, 3.63) is 54.1 Å². The van der Waals surface area contributed by atoms with Gasteiger partial charge in [-0.1, -0.05) is 24.3 Å². The zero-order valence-electron chi connectivity index (χ0n) is 11.4. The number of carbonyl (C=O) groups excluding carboxylic acids is 1. The van der Waals surface area contributed by atoms with Crippen LogP contribution in [0.2, 0.25) is 0 Å². The summed E-state index contributed by atoms with van der Waals surface area (Å²) in [6, 6.07) is 14.1. The number of amides is 1. The zero-order chi connectivity index (χ0) is 14.5. The van der Waals surface area contributed by atoms with Gasteiger partial charge in [-0.25, -0.2) is 0 Å². The second-order valence-corrected chi connectivity index (χ2v) is 4.54. The fraction of sp³-hybridized carbons (Fsp3) is 0.188. The molecule has 0 saturated carbocycles. The van der Waals surface area contributed by atoms with E-state index in [0.717, 1.165) is 5.69 Å². The predicted octanol–water partition coefficient (Wildman–Crippen LogP) is 2.57. The number of carbonyl (C=O) groups is 1. The highest BCUT2D eigenvalue weighted by molar-refractivity contribution is 5.95. The van der Waals surface area contributed by atoms with Crippen LogP contribution in [0, 0.1) is 0 Å². The van der Waals surface area contributed by atoms with Crippen LogP contribution < -0.4 is 10.6 Å². The molecule has 0 fully saturated rings. The number of rotatable bonds is 4. The molecule has 0 unspecified atom stereocenters. The SMILES string of the molecule is CCN(C(=O)Cc1ccccc1O)c1cccc(N)c1. The Morgan fingerprint density at radius 2 is 1.95 bits per heavy atom. The van der Waals surface area contributed by atoms with E-state index >= 15 is 0 Å². The number of likely N-dealkylation sites (N-methyl/N-ethyl adjacent to an activating group) is 1. The number of aromatic hydroxyl groups is 1. The fourth-order valence-corrected chi connectivity index (χ4v) is 2.11. The average molecular weight is 270 g/mol. The highest BCUT2D eigenvalue weighted by Crippen LogP contribution is 2.21. The van der Waals surface area contributed by atoms with Crippen LogP contribution in [-0.4, -0.2) is 17.6 Å². The lowest BCUT2D eigenvalue weighted by Gasteiger charge is -2.21. The number of nitrogens with zero attached hydrogens (tertiary/aromatic N) is 1. The second kappa shape index (κ2) is 6.10. The maximum atomic E-state index is 12.4. The van der Waals surface area contributed by atoms with E-state index in [9.17, 15) is 9.90 Å². The number of nitrogen functional groups attached to an aromatic ring is 1. The molecule has 0 aliphatic carbocycles. The van der Waals surface area contributed by atoms with Gasteiger partial charge in [0.2, 0.25) is 5.91 Å². The van der Waals surface area contributed by atoms with Crippen molar-refractivity contribution < 1.29 is 9.90 Å². The van der Waals surface area contributed by atoms with Crippen molar-refractivity contribution in [1.82, 2.24) is 0 Å². The molecule has 0 aliphatic rings. The summed E-state index contributed by atoms with van der Waals surface area (Å²) >= 11 is 0. The van der Waals surface area contributed by atoms with Gasteiger partial charge < -0.3 is 15.7 Å². The average Bonchev–Trinajstić information content (AvgIpc) is 2.42. The molecule has 104 valence electrons. The monoisotopic (exact) mass is 270 g/mol. The van der Waals surface area contributed by atoms with Gasteiger partial charge in [-0.15, -0.1) is 0 Å². The van der Waals surface area contributed by atoms with Gasteiger partial charge >= 0.3 is 0 Å². The van der Waals surface area contributed by atoms with Crippen molar-refractivity contribution in [2.24, 2.45) is 0 Å². The molecule has 0 bridgehead atoms. The first-order valence-corrected chi connectivity index (χ1v) is 6.54. The number of phenolic OH excluding ortho intramolecular Hbond substituents is 1. The highest BCUT2D eigenvalue weighted by Gasteiger charge is 2.16. The lowest BCUT2D eigenvalue weighted by atomic mass is 10.1. The third kappa shape index (κ3) is 3.09. The highest BCUT2D eigenvalue weighted by atomic mass is 16.3. The predicted molar refractivity (Wildman–Crippen MR) is 80.7 cm³/mol. The fourth-order valence-electron chi connectivity index (χ4n) is 2.11. The van der Waals surface area contributed by atoms with Gasteiger partial charge in [-0.05, 0) is 31.2 Å². The summed E-state index contributed by atoms with van der Waals surface area (Å²) in [6.07, 6.45) is 0.162. The molecule has 2 rings (SSSR count). The first-order chi connectivity index (χ1) is 9.61. The molecule has 2 aromatic carbocycles. The van der Waals surface area contributed by atoms with Gasteiger partial charge in [0.1, 0.15) is 5.75 Å². The molecular formula is C16H18N2O2. The Morgan fingerprint density at radius 1 is 1.20 bits per heavy atom. The maximum Gasteiger partial charge on any atom is 0.231 e. The Labute approximate surface area is 118 Å². The van der Waals surface area contributed by atoms with Crippen LogP contribution in [0.4, 0.5) is 11.4 Å². The summed E-state index contributed by atoms with van der Waals surface area (Å²) in [5.74, 6) is 0.0732. The largest absolute Gasteiger partial charge is 0.508 e. The van der Waals surface area contributed by atoms with E-state index in [1.807, 2.05) is 19.1 Å². The molecule has 4 heteroatoms. The van der Waals surface area contributed by atoms with E-state index < -0.39 is 0 Å². The minimum atomic E-state index is -0.0698. The number of nitrogens with two attached hydrogens (primary N) is 1. The van der Waals surface area contributed by atoms with Gasteiger partial charge in [-0.2, -0.15) is 0 Å². The van der Waals surface area contributed by atoms with Gasteiger partial charge in [0, 0.05) is 23.5 Å². The topological polar surface area (TPSA) is 66.6 Å². The van der Waals surface area contributed by atoms with Crippen molar-refractivity contribution in [3.63, 3.8) is 0 Å². The summed E-state index contributed by atoms with van der Waals surface area (Å²) in [4.78, 5) is 14.0. The number of benzene rings is 2. The summed E-state index contributed by atoms with van der Waals surface area (Å²) in [6.45, 7) is 2.46. The summed E-state index contributed by atoms with van der Waals surface area (Å²) in [5.41, 5.74) is 7.77. The first kappa shape index (κ1) is 13.9. The Bertz CT molecular complexity index is 611. The normalized spacial score (nSPS) is 10.2. The van der Waals surface area contributed by atoms with Crippen LogP contribution in [-0.2, 0) is 11.2 Å². The van der Waals surface area contributed by atoms with E-state index in [4.69, 9.17) is 5.73 Å². The minimum Gasteiger partial charge on any atom is -0.508 e. The molecule has 1 amide bonds. The van der Waals surface area contributed by atoms with Crippen LogP contribution in [0.5, 0.6) is 5.75 Å². The molecule has 0 saturated heterocycles. The third-order valence-electron chi connectivity index (χ3n) is 3.13. The molecule has 0 aliphatic heterocycles.